The van der Waals surface area contributed by atoms with Crippen LogP contribution in [0.4, 0.5) is 0 Å². The van der Waals surface area contributed by atoms with E-state index in [-0.39, 0.29) is 12.8 Å². The number of rotatable bonds is 7. The summed E-state index contributed by atoms with van der Waals surface area (Å²) >= 11 is 5.70. The number of carboxylic acid groups (broad SMARTS) is 1. The van der Waals surface area contributed by atoms with E-state index in [1.54, 1.807) is 41.5 Å². The Bertz CT molecular complexity index is 649. The molecule has 0 aromatic heterocycles. The van der Waals surface area contributed by atoms with Crippen LogP contribution in [0.15, 0.2) is 0 Å². The van der Waals surface area contributed by atoms with Gasteiger partial charge in [-0.25, -0.2) is 0 Å². The molecule has 0 bridgehead atoms. The van der Waals surface area contributed by atoms with E-state index >= 15 is 0 Å². The maximum Gasteiger partial charge on any atom is 0.321 e. The largest absolute Gasteiger partial charge is 0.550 e. The summed E-state index contributed by atoms with van der Waals surface area (Å²) in [5.41, 5.74) is 0. The second-order valence-electron chi connectivity index (χ2n) is 8.65. The van der Waals surface area contributed by atoms with E-state index in [0.29, 0.717) is 0 Å². The van der Waals surface area contributed by atoms with E-state index in [0.717, 1.165) is 0 Å². The Morgan fingerprint density at radius 1 is 0.700 bits per heavy atom. The lowest BCUT2D eigenvalue weighted by Crippen LogP contribution is -2.55. The van der Waals surface area contributed by atoms with Gasteiger partial charge in [-0.05, 0) is 41.5 Å². The van der Waals surface area contributed by atoms with Gasteiger partial charge in [-0.3, -0.25) is 14.4 Å². The molecular formula is C19H26I3O8-. The Hall–Kier alpha value is 0.0700. The molecule has 30 heavy (non-hydrogen) atoms. The Labute approximate surface area is 217 Å². The van der Waals surface area contributed by atoms with Gasteiger partial charge < -0.3 is 24.1 Å². The minimum atomic E-state index is -1.50. The average molecular weight is 763 g/mol. The summed E-state index contributed by atoms with van der Waals surface area (Å²) in [6, 6.07) is 0. The fraction of sp³-hybridized carbons (Fsp3) is 0.789. The molecule has 1 rings (SSSR count). The molecule has 172 valence electrons. The predicted molar refractivity (Wildman–Crippen MR) is 132 cm³/mol. The van der Waals surface area contributed by atoms with Crippen molar-refractivity contribution in [2.45, 2.75) is 83.0 Å². The standard InChI is InChI=1S/C19H27I3O8/c1-17(2,20)14(25)28-9-7-10(29-15(26)18(3,4)21)12(13(23)24)11(8-9)30-16(27)19(5,6)22/h9-12H,7-8H2,1-6H3,(H,23,24)/p-1. The van der Waals surface area contributed by atoms with Gasteiger partial charge in [0.15, 0.2) is 0 Å². The molecule has 1 aliphatic carbocycles. The summed E-state index contributed by atoms with van der Waals surface area (Å²) in [7, 11) is 0. The van der Waals surface area contributed by atoms with Gasteiger partial charge in [0, 0.05) is 12.8 Å². The van der Waals surface area contributed by atoms with Crippen LogP contribution in [0, 0.1) is 5.92 Å². The SMILES string of the molecule is CC(C)(I)C(=O)OC1CC(OC(=O)C(C)(C)I)C(C(=O)[O-])C(OC(=O)C(C)(C)I)C1. The molecule has 0 aromatic carbocycles. The Morgan fingerprint density at radius 2 is 1.00 bits per heavy atom. The number of alkyl halides is 3. The Balaban J connectivity index is 3.23. The number of halogens is 3. The molecule has 1 saturated carbocycles. The van der Waals surface area contributed by atoms with Gasteiger partial charge in [-0.1, -0.05) is 67.8 Å². The first-order valence-corrected chi connectivity index (χ1v) is 12.5. The molecule has 0 radical (unpaired) electrons. The van der Waals surface area contributed by atoms with Crippen LogP contribution < -0.4 is 5.11 Å². The Kier molecular flexibility index (Phi) is 9.68. The first-order valence-electron chi connectivity index (χ1n) is 9.25. The molecule has 8 nitrogen and oxygen atoms in total. The molecule has 0 aliphatic heterocycles. The maximum absolute atomic E-state index is 12.4. The van der Waals surface area contributed by atoms with Crippen LogP contribution in [-0.2, 0) is 33.4 Å². The van der Waals surface area contributed by atoms with Gasteiger partial charge in [0.1, 0.15) is 28.6 Å². The smallest absolute Gasteiger partial charge is 0.321 e. The summed E-state index contributed by atoms with van der Waals surface area (Å²) in [6.45, 7) is 9.85. The van der Waals surface area contributed by atoms with Crippen molar-refractivity contribution >= 4 is 91.6 Å². The summed E-state index contributed by atoms with van der Waals surface area (Å²) < 4.78 is 13.9. The number of ether oxygens (including phenoxy) is 3. The van der Waals surface area contributed by atoms with E-state index in [9.17, 15) is 24.3 Å². The number of carboxylic acids is 1. The lowest BCUT2D eigenvalue weighted by molar-refractivity contribution is -0.319. The minimum Gasteiger partial charge on any atom is -0.550 e. The van der Waals surface area contributed by atoms with Crippen molar-refractivity contribution in [3.05, 3.63) is 0 Å². The lowest BCUT2D eigenvalue weighted by atomic mass is 9.81. The van der Waals surface area contributed by atoms with Crippen molar-refractivity contribution in [1.82, 2.24) is 0 Å². The summed E-state index contributed by atoms with van der Waals surface area (Å²) in [4.78, 5) is 49.1. The van der Waals surface area contributed by atoms with E-state index in [4.69, 9.17) is 14.2 Å². The number of aliphatic carboxylic acids is 1. The third-order valence-electron chi connectivity index (χ3n) is 4.31. The van der Waals surface area contributed by atoms with Crippen LogP contribution in [0.1, 0.15) is 54.4 Å². The van der Waals surface area contributed by atoms with Crippen molar-refractivity contribution in [3.63, 3.8) is 0 Å². The fourth-order valence-corrected chi connectivity index (χ4v) is 3.02. The number of carbonyl (C=O) groups is 4. The highest BCUT2D eigenvalue weighted by Gasteiger charge is 2.47. The fourth-order valence-electron chi connectivity index (χ4n) is 2.64. The summed E-state index contributed by atoms with van der Waals surface area (Å²) in [5.74, 6) is -4.63. The molecule has 0 aromatic rings. The Morgan fingerprint density at radius 3 is 1.27 bits per heavy atom. The second kappa shape index (κ2) is 10.3. The zero-order chi connectivity index (χ0) is 23.7. The number of esters is 3. The monoisotopic (exact) mass is 763 g/mol. The van der Waals surface area contributed by atoms with Crippen molar-refractivity contribution in [2.24, 2.45) is 5.92 Å². The molecule has 0 saturated heterocycles. The lowest BCUT2D eigenvalue weighted by Gasteiger charge is -2.42. The molecule has 0 N–H and O–H groups in total. The second-order valence-corrected chi connectivity index (χ2v) is 16.7. The molecule has 0 amide bonds. The molecule has 1 aliphatic rings. The van der Waals surface area contributed by atoms with Crippen LogP contribution in [0.25, 0.3) is 0 Å². The molecule has 0 spiro atoms. The molecule has 11 heteroatoms. The highest BCUT2D eigenvalue weighted by atomic mass is 127. The minimum absolute atomic E-state index is 0.0305. The van der Waals surface area contributed by atoms with Gasteiger partial charge in [0.05, 0.1) is 11.9 Å². The molecule has 1 fully saturated rings. The van der Waals surface area contributed by atoms with E-state index < -0.39 is 58.4 Å². The molecule has 2 atom stereocenters. The summed E-state index contributed by atoms with van der Waals surface area (Å²) in [6.07, 6.45) is -3.19. The average Bonchev–Trinajstić information content (AvgIpc) is 2.51. The summed E-state index contributed by atoms with van der Waals surface area (Å²) in [5, 5.41) is 11.9. The number of hydrogen-bond acceptors (Lipinski definition) is 8. The maximum atomic E-state index is 12.4. The molecule has 0 heterocycles. The van der Waals surface area contributed by atoms with E-state index in [2.05, 4.69) is 0 Å². The molecular weight excluding hydrogens is 737 g/mol. The predicted octanol–water partition coefficient (Wildman–Crippen LogP) is 2.52. The normalized spacial score (nSPS) is 25.2. The quantitative estimate of drug-likeness (QED) is 0.168. The third kappa shape index (κ3) is 8.20. The highest BCUT2D eigenvalue weighted by molar-refractivity contribution is 14.1. The topological polar surface area (TPSA) is 119 Å². The van der Waals surface area contributed by atoms with Gasteiger partial charge in [-0.15, -0.1) is 0 Å². The highest BCUT2D eigenvalue weighted by Crippen LogP contribution is 2.35. The van der Waals surface area contributed by atoms with Gasteiger partial charge in [-0.2, -0.15) is 0 Å². The molecule has 2 unspecified atom stereocenters. The zero-order valence-electron chi connectivity index (χ0n) is 17.6. The van der Waals surface area contributed by atoms with Crippen molar-refractivity contribution < 1.29 is 38.5 Å². The van der Waals surface area contributed by atoms with E-state index in [1.165, 1.54) is 0 Å². The van der Waals surface area contributed by atoms with Crippen molar-refractivity contribution in [3.8, 4) is 0 Å². The van der Waals surface area contributed by atoms with Crippen LogP contribution in [0.5, 0.6) is 0 Å². The van der Waals surface area contributed by atoms with Gasteiger partial charge >= 0.3 is 17.9 Å². The third-order valence-corrected chi connectivity index (χ3v) is 5.63. The van der Waals surface area contributed by atoms with Gasteiger partial charge in [0.25, 0.3) is 0 Å². The number of hydrogen-bond donors (Lipinski definition) is 0. The van der Waals surface area contributed by atoms with Crippen molar-refractivity contribution in [2.75, 3.05) is 0 Å². The van der Waals surface area contributed by atoms with Gasteiger partial charge in [0.2, 0.25) is 0 Å². The first-order chi connectivity index (χ1) is 13.3. The first kappa shape index (κ1) is 28.1. The number of carbonyl (C=O) groups excluding carboxylic acids is 4. The van der Waals surface area contributed by atoms with Crippen molar-refractivity contribution in [1.29, 1.82) is 0 Å². The van der Waals surface area contributed by atoms with E-state index in [1.807, 2.05) is 67.8 Å². The van der Waals surface area contributed by atoms with Crippen LogP contribution in [0.2, 0.25) is 0 Å². The van der Waals surface area contributed by atoms with Crippen LogP contribution in [-0.4, -0.2) is 52.5 Å². The van der Waals surface area contributed by atoms with Crippen LogP contribution in [0.3, 0.4) is 0 Å². The van der Waals surface area contributed by atoms with Crippen LogP contribution >= 0.6 is 67.8 Å². The zero-order valence-corrected chi connectivity index (χ0v) is 24.1.